The summed E-state index contributed by atoms with van der Waals surface area (Å²) in [6.45, 7) is 2.87. The van der Waals surface area contributed by atoms with Crippen LogP contribution in [0, 0.1) is 5.41 Å². The maximum atomic E-state index is 13.6. The number of likely N-dealkylation sites (tertiary alicyclic amines) is 1. The second-order valence-corrected chi connectivity index (χ2v) is 8.62. The molecule has 0 atom stereocenters. The zero-order valence-corrected chi connectivity index (χ0v) is 17.2. The SMILES string of the molecule is O=C(c1cc(-c2ccc(O)cc2)nc2n[nH]c(C(F)(F)F)c12)N1CCC2(CCNC2)CC1. The number of aromatic hydroxyl groups is 1. The van der Waals surface area contributed by atoms with Gasteiger partial charge in [-0.3, -0.25) is 9.89 Å². The standard InChI is InChI=1S/C22H22F3N5O2/c23-22(24,25)18-17-15(20(32)30-9-6-21(7-10-30)5-8-26-12-21)11-16(27-19(17)29-28-18)13-1-3-14(31)4-2-13/h1-4,11,26,31H,5-10,12H2,(H,27,28,29). The van der Waals surface area contributed by atoms with Gasteiger partial charge in [0, 0.05) is 25.2 Å². The highest BCUT2D eigenvalue weighted by Crippen LogP contribution is 2.39. The van der Waals surface area contributed by atoms with Gasteiger partial charge >= 0.3 is 6.18 Å². The molecule has 0 aliphatic carbocycles. The summed E-state index contributed by atoms with van der Waals surface area (Å²) in [7, 11) is 0. The molecular formula is C22H22F3N5O2. The van der Waals surface area contributed by atoms with E-state index in [0.717, 1.165) is 32.4 Å². The van der Waals surface area contributed by atoms with Crippen LogP contribution in [0.25, 0.3) is 22.3 Å². The van der Waals surface area contributed by atoms with Crippen molar-refractivity contribution < 1.29 is 23.1 Å². The number of pyridine rings is 1. The second-order valence-electron chi connectivity index (χ2n) is 8.62. The lowest BCUT2D eigenvalue weighted by Gasteiger charge is -2.39. The largest absolute Gasteiger partial charge is 0.508 e. The average molecular weight is 445 g/mol. The van der Waals surface area contributed by atoms with E-state index in [4.69, 9.17) is 0 Å². The number of piperidine rings is 1. The molecule has 168 valence electrons. The van der Waals surface area contributed by atoms with Gasteiger partial charge in [-0.2, -0.15) is 18.3 Å². The molecule has 2 aromatic heterocycles. The van der Waals surface area contributed by atoms with E-state index in [2.05, 4.69) is 15.4 Å². The van der Waals surface area contributed by atoms with E-state index in [-0.39, 0.29) is 27.8 Å². The van der Waals surface area contributed by atoms with E-state index in [1.165, 1.54) is 18.2 Å². The smallest absolute Gasteiger partial charge is 0.433 e. The Labute approximate surface area is 181 Å². The van der Waals surface area contributed by atoms with Gasteiger partial charge in [0.1, 0.15) is 11.4 Å². The molecule has 0 saturated carbocycles. The summed E-state index contributed by atoms with van der Waals surface area (Å²) in [5, 5.41) is 18.4. The predicted octanol–water partition coefficient (Wildman–Crippen LogP) is 3.57. The fraction of sp³-hybridized carbons (Fsp3) is 0.409. The van der Waals surface area contributed by atoms with Gasteiger partial charge in [0.15, 0.2) is 5.65 Å². The summed E-state index contributed by atoms with van der Waals surface area (Å²) in [6.07, 6.45) is -2.00. The van der Waals surface area contributed by atoms with E-state index >= 15 is 0 Å². The molecule has 2 aliphatic rings. The number of halogens is 3. The number of aromatic amines is 1. The first kappa shape index (κ1) is 20.7. The molecule has 0 bridgehead atoms. The van der Waals surface area contributed by atoms with Crippen molar-refractivity contribution in [2.24, 2.45) is 5.41 Å². The quantitative estimate of drug-likeness (QED) is 0.561. The number of hydrogen-bond acceptors (Lipinski definition) is 5. The Morgan fingerprint density at radius 1 is 1.12 bits per heavy atom. The molecule has 5 rings (SSSR count). The summed E-state index contributed by atoms with van der Waals surface area (Å²) in [4.78, 5) is 19.3. The minimum absolute atomic E-state index is 0.0499. The van der Waals surface area contributed by atoms with Crippen molar-refractivity contribution in [2.45, 2.75) is 25.4 Å². The third-order valence-corrected chi connectivity index (χ3v) is 6.64. The number of amides is 1. The highest BCUT2D eigenvalue weighted by molar-refractivity contribution is 6.07. The Morgan fingerprint density at radius 2 is 1.84 bits per heavy atom. The fourth-order valence-electron chi connectivity index (χ4n) is 4.75. The van der Waals surface area contributed by atoms with Crippen LogP contribution < -0.4 is 5.32 Å². The average Bonchev–Trinajstić information content (AvgIpc) is 3.41. The van der Waals surface area contributed by atoms with E-state index in [1.807, 2.05) is 5.10 Å². The molecule has 1 aromatic carbocycles. The van der Waals surface area contributed by atoms with Crippen LogP contribution in [0.15, 0.2) is 30.3 Å². The van der Waals surface area contributed by atoms with Crippen LogP contribution in [-0.4, -0.2) is 57.3 Å². The normalized spacial score (nSPS) is 18.5. The van der Waals surface area contributed by atoms with E-state index < -0.39 is 17.8 Å². The Hall–Kier alpha value is -3.14. The summed E-state index contributed by atoms with van der Waals surface area (Å²) in [5.74, 6) is -0.404. The molecule has 10 heteroatoms. The van der Waals surface area contributed by atoms with E-state index in [9.17, 15) is 23.1 Å². The molecule has 4 heterocycles. The van der Waals surface area contributed by atoms with Gasteiger partial charge in [-0.05, 0) is 61.6 Å². The Morgan fingerprint density at radius 3 is 2.47 bits per heavy atom. The van der Waals surface area contributed by atoms with Crippen molar-refractivity contribution in [1.29, 1.82) is 0 Å². The Balaban J connectivity index is 1.57. The lowest BCUT2D eigenvalue weighted by molar-refractivity contribution is -0.139. The number of H-pyrrole nitrogens is 1. The van der Waals surface area contributed by atoms with E-state index in [0.29, 0.717) is 24.3 Å². The molecule has 2 fully saturated rings. The predicted molar refractivity (Wildman–Crippen MR) is 111 cm³/mol. The zero-order valence-electron chi connectivity index (χ0n) is 17.2. The maximum Gasteiger partial charge on any atom is 0.433 e. The van der Waals surface area contributed by atoms with Crippen LogP contribution in [-0.2, 0) is 6.18 Å². The first-order valence-electron chi connectivity index (χ1n) is 10.5. The number of phenolic OH excluding ortho intramolecular Hbond substituents is 1. The van der Waals surface area contributed by atoms with Crippen molar-refractivity contribution in [3.05, 3.63) is 41.6 Å². The first-order valence-corrected chi connectivity index (χ1v) is 10.5. The van der Waals surface area contributed by atoms with Crippen molar-refractivity contribution in [2.75, 3.05) is 26.2 Å². The molecule has 3 aromatic rings. The molecule has 1 amide bonds. The first-order chi connectivity index (χ1) is 15.3. The summed E-state index contributed by atoms with van der Waals surface area (Å²) >= 11 is 0. The van der Waals surface area contributed by atoms with Gasteiger partial charge < -0.3 is 15.3 Å². The molecule has 3 N–H and O–H groups in total. The van der Waals surface area contributed by atoms with Gasteiger partial charge in [-0.25, -0.2) is 4.98 Å². The lowest BCUT2D eigenvalue weighted by Crippen LogP contribution is -2.44. The summed E-state index contributed by atoms with van der Waals surface area (Å²) in [6, 6.07) is 7.48. The highest BCUT2D eigenvalue weighted by atomic mass is 19.4. The molecule has 2 aliphatic heterocycles. The van der Waals surface area contributed by atoms with Crippen LogP contribution in [0.4, 0.5) is 13.2 Å². The van der Waals surface area contributed by atoms with Crippen LogP contribution in [0.5, 0.6) is 5.75 Å². The number of nitrogens with zero attached hydrogens (tertiary/aromatic N) is 3. The topological polar surface area (TPSA) is 94.1 Å². The number of alkyl halides is 3. The van der Waals surface area contributed by atoms with Crippen molar-refractivity contribution >= 4 is 16.9 Å². The minimum Gasteiger partial charge on any atom is -0.508 e. The monoisotopic (exact) mass is 445 g/mol. The number of aromatic nitrogens is 3. The molecule has 0 unspecified atom stereocenters. The highest BCUT2D eigenvalue weighted by Gasteiger charge is 2.40. The number of carbonyl (C=O) groups excluding carboxylic acids is 1. The van der Waals surface area contributed by atoms with Crippen molar-refractivity contribution in [3.63, 3.8) is 0 Å². The number of benzene rings is 1. The van der Waals surface area contributed by atoms with Crippen molar-refractivity contribution in [3.8, 4) is 17.0 Å². The Kier molecular flexibility index (Phi) is 4.85. The van der Waals surface area contributed by atoms with Crippen LogP contribution in [0.1, 0.15) is 35.3 Å². The summed E-state index contributed by atoms with van der Waals surface area (Å²) < 4.78 is 40.9. The van der Waals surface area contributed by atoms with Crippen LogP contribution in [0.3, 0.4) is 0 Å². The number of carbonyl (C=O) groups is 1. The molecular weight excluding hydrogens is 423 g/mol. The number of nitrogens with one attached hydrogen (secondary N) is 2. The van der Waals surface area contributed by atoms with Crippen LogP contribution in [0.2, 0.25) is 0 Å². The van der Waals surface area contributed by atoms with Gasteiger partial charge in [0.2, 0.25) is 0 Å². The molecule has 7 nitrogen and oxygen atoms in total. The van der Waals surface area contributed by atoms with E-state index in [1.54, 1.807) is 17.0 Å². The fourth-order valence-corrected chi connectivity index (χ4v) is 4.75. The third kappa shape index (κ3) is 3.58. The molecule has 32 heavy (non-hydrogen) atoms. The van der Waals surface area contributed by atoms with Crippen molar-refractivity contribution in [1.82, 2.24) is 25.4 Å². The minimum atomic E-state index is -4.70. The maximum absolute atomic E-state index is 13.6. The zero-order chi connectivity index (χ0) is 22.5. The second kappa shape index (κ2) is 7.47. The van der Waals surface area contributed by atoms with Gasteiger partial charge in [0.25, 0.3) is 5.91 Å². The van der Waals surface area contributed by atoms with Gasteiger partial charge in [-0.1, -0.05) is 0 Å². The Bertz CT molecular complexity index is 1160. The number of rotatable bonds is 2. The van der Waals surface area contributed by atoms with Gasteiger partial charge in [-0.15, -0.1) is 0 Å². The van der Waals surface area contributed by atoms with Crippen LogP contribution >= 0.6 is 0 Å². The molecule has 2 saturated heterocycles. The lowest BCUT2D eigenvalue weighted by atomic mass is 9.77. The van der Waals surface area contributed by atoms with Gasteiger partial charge in [0.05, 0.1) is 16.6 Å². The number of fused-ring (bicyclic) bond motifs is 1. The summed E-state index contributed by atoms with van der Waals surface area (Å²) in [5.41, 5.74) is -0.262. The number of phenols is 1. The third-order valence-electron chi connectivity index (χ3n) is 6.64. The molecule has 0 radical (unpaired) electrons. The number of hydrogen-bond donors (Lipinski definition) is 3. The molecule has 1 spiro atoms.